The van der Waals surface area contributed by atoms with E-state index in [0.717, 1.165) is 34.2 Å². The molecule has 0 aromatic heterocycles. The highest BCUT2D eigenvalue weighted by atomic mass is 32.2. The zero-order valence-corrected chi connectivity index (χ0v) is 21.6. The van der Waals surface area contributed by atoms with Crippen molar-refractivity contribution < 1.29 is 16.8 Å². The average molecular weight is 479 g/mol. The summed E-state index contributed by atoms with van der Waals surface area (Å²) >= 11 is 0. The molecule has 0 unspecified atom stereocenters. The second-order valence-electron chi connectivity index (χ2n) is 9.35. The summed E-state index contributed by atoms with van der Waals surface area (Å²) in [5, 5.41) is 0. The maximum atomic E-state index is 13.2. The zero-order chi connectivity index (χ0) is 24.0. The fraction of sp³-hybridized carbons (Fsp3) is 0.500. The third kappa shape index (κ3) is 4.58. The van der Waals surface area contributed by atoms with Crippen LogP contribution in [0.1, 0.15) is 48.1 Å². The molecule has 2 atom stereocenters. The molecular weight excluding hydrogens is 444 g/mol. The van der Waals surface area contributed by atoms with Crippen molar-refractivity contribution in [2.45, 2.75) is 64.7 Å². The van der Waals surface area contributed by atoms with E-state index in [4.69, 9.17) is 0 Å². The summed E-state index contributed by atoms with van der Waals surface area (Å²) in [7, 11) is -7.44. The van der Waals surface area contributed by atoms with Gasteiger partial charge in [0.1, 0.15) is 0 Å². The molecule has 1 saturated heterocycles. The highest BCUT2D eigenvalue weighted by molar-refractivity contribution is 7.92. The van der Waals surface area contributed by atoms with Crippen LogP contribution in [0.4, 0.5) is 5.69 Å². The predicted octanol–water partition coefficient (Wildman–Crippen LogP) is 4.70. The number of rotatable bonds is 5. The van der Waals surface area contributed by atoms with Gasteiger partial charge in [-0.25, -0.2) is 16.8 Å². The zero-order valence-electron chi connectivity index (χ0n) is 20.0. The van der Waals surface area contributed by atoms with Gasteiger partial charge in [0.25, 0.3) is 10.0 Å². The lowest BCUT2D eigenvalue weighted by Crippen LogP contribution is -2.42. The maximum absolute atomic E-state index is 13.2. The number of nitrogens with one attached hydrogen (secondary N) is 1. The van der Waals surface area contributed by atoms with Gasteiger partial charge in [0, 0.05) is 18.8 Å². The highest BCUT2D eigenvalue weighted by Crippen LogP contribution is 2.31. The van der Waals surface area contributed by atoms with Crippen LogP contribution in [0.3, 0.4) is 0 Å². The first-order valence-corrected chi connectivity index (χ1v) is 13.9. The van der Waals surface area contributed by atoms with E-state index in [1.807, 2.05) is 34.6 Å². The molecule has 1 fully saturated rings. The van der Waals surface area contributed by atoms with Gasteiger partial charge in [-0.05, 0) is 105 Å². The first-order valence-electron chi connectivity index (χ1n) is 11.0. The van der Waals surface area contributed by atoms with E-state index >= 15 is 0 Å². The molecule has 176 valence electrons. The van der Waals surface area contributed by atoms with E-state index in [1.54, 1.807) is 0 Å². The molecule has 0 bridgehead atoms. The lowest BCUT2D eigenvalue weighted by atomic mass is 9.94. The molecule has 8 heteroatoms. The average Bonchev–Trinajstić information content (AvgIpc) is 2.70. The summed E-state index contributed by atoms with van der Waals surface area (Å²) in [4.78, 5) is 0.460. The predicted molar refractivity (Wildman–Crippen MR) is 129 cm³/mol. The second-order valence-corrected chi connectivity index (χ2v) is 12.9. The molecule has 6 nitrogen and oxygen atoms in total. The topological polar surface area (TPSA) is 83.5 Å². The molecule has 0 amide bonds. The van der Waals surface area contributed by atoms with Gasteiger partial charge in [-0.2, -0.15) is 4.31 Å². The highest BCUT2D eigenvalue weighted by Gasteiger charge is 2.31. The van der Waals surface area contributed by atoms with E-state index in [2.05, 4.69) is 18.6 Å². The Morgan fingerprint density at radius 1 is 0.750 bits per heavy atom. The van der Waals surface area contributed by atoms with Crippen LogP contribution in [0.5, 0.6) is 0 Å². The van der Waals surface area contributed by atoms with Crippen molar-refractivity contribution in [2.75, 3.05) is 17.8 Å². The van der Waals surface area contributed by atoms with Crippen LogP contribution in [0.15, 0.2) is 34.1 Å². The Balaban J connectivity index is 1.89. The van der Waals surface area contributed by atoms with Gasteiger partial charge < -0.3 is 0 Å². The van der Waals surface area contributed by atoms with E-state index in [0.29, 0.717) is 30.6 Å². The Kier molecular flexibility index (Phi) is 6.80. The van der Waals surface area contributed by atoms with Crippen molar-refractivity contribution in [1.29, 1.82) is 0 Å². The summed E-state index contributed by atoms with van der Waals surface area (Å²) < 4.78 is 56.8. The van der Waals surface area contributed by atoms with Gasteiger partial charge >= 0.3 is 0 Å². The van der Waals surface area contributed by atoms with E-state index in [1.165, 1.54) is 28.6 Å². The second kappa shape index (κ2) is 8.80. The van der Waals surface area contributed by atoms with Crippen LogP contribution >= 0.6 is 0 Å². The van der Waals surface area contributed by atoms with Crippen LogP contribution in [-0.2, 0) is 20.0 Å². The van der Waals surface area contributed by atoms with Crippen molar-refractivity contribution in [3.05, 3.63) is 52.1 Å². The first kappa shape index (κ1) is 24.7. The third-order valence-electron chi connectivity index (χ3n) is 6.78. The molecule has 0 aliphatic carbocycles. The van der Waals surface area contributed by atoms with Gasteiger partial charge in [-0.1, -0.05) is 13.8 Å². The van der Waals surface area contributed by atoms with Gasteiger partial charge in [0.15, 0.2) is 0 Å². The molecule has 1 aliphatic rings. The normalized spacial score (nSPS) is 20.3. The molecule has 1 N–H and O–H groups in total. The number of anilines is 1. The summed E-state index contributed by atoms with van der Waals surface area (Å²) in [6.07, 6.45) is 1.02. The number of hydrogen-bond donors (Lipinski definition) is 1. The number of benzene rings is 2. The van der Waals surface area contributed by atoms with E-state index < -0.39 is 20.0 Å². The molecule has 32 heavy (non-hydrogen) atoms. The Hall–Kier alpha value is -1.90. The Bertz CT molecular complexity index is 1190. The van der Waals surface area contributed by atoms with Crippen LogP contribution in [-0.4, -0.2) is 34.2 Å². The number of sulfonamides is 2. The molecule has 1 aliphatic heterocycles. The molecule has 0 saturated carbocycles. The van der Waals surface area contributed by atoms with Gasteiger partial charge in [-0.3, -0.25) is 4.72 Å². The van der Waals surface area contributed by atoms with Gasteiger partial charge in [0.2, 0.25) is 10.0 Å². The molecule has 0 spiro atoms. The quantitative estimate of drug-likeness (QED) is 0.675. The molecule has 1 heterocycles. The number of hydrogen-bond acceptors (Lipinski definition) is 4. The van der Waals surface area contributed by atoms with Crippen molar-refractivity contribution in [3.8, 4) is 0 Å². The van der Waals surface area contributed by atoms with E-state index in [-0.39, 0.29) is 9.79 Å². The minimum absolute atomic E-state index is 0.177. The minimum atomic E-state index is -3.83. The molecule has 2 aromatic rings. The smallest absolute Gasteiger partial charge is 0.262 e. The largest absolute Gasteiger partial charge is 0.280 e. The summed E-state index contributed by atoms with van der Waals surface area (Å²) in [6, 6.07) is 5.98. The molecule has 3 rings (SSSR count). The number of nitrogens with zero attached hydrogens (tertiary/aromatic N) is 1. The van der Waals surface area contributed by atoms with Crippen molar-refractivity contribution >= 4 is 25.7 Å². The molecular formula is C24H34N2O4S2. The Morgan fingerprint density at radius 3 is 1.66 bits per heavy atom. The molecule has 0 radical (unpaired) electrons. The van der Waals surface area contributed by atoms with Crippen molar-refractivity contribution in [3.63, 3.8) is 0 Å². The van der Waals surface area contributed by atoms with Crippen molar-refractivity contribution in [1.82, 2.24) is 4.31 Å². The minimum Gasteiger partial charge on any atom is -0.280 e. The lowest BCUT2D eigenvalue weighted by molar-refractivity contribution is 0.222. The van der Waals surface area contributed by atoms with Crippen LogP contribution in [0.25, 0.3) is 0 Å². The molecule has 2 aromatic carbocycles. The van der Waals surface area contributed by atoms with Crippen LogP contribution < -0.4 is 4.72 Å². The fourth-order valence-corrected chi connectivity index (χ4v) is 8.06. The monoisotopic (exact) mass is 478 g/mol. The van der Waals surface area contributed by atoms with Crippen LogP contribution in [0, 0.1) is 46.5 Å². The Morgan fingerprint density at radius 2 is 1.19 bits per heavy atom. The fourth-order valence-electron chi connectivity index (χ4n) is 4.72. The summed E-state index contributed by atoms with van der Waals surface area (Å²) in [5.74, 6) is 0.625. The third-order valence-corrected chi connectivity index (χ3v) is 10.3. The summed E-state index contributed by atoms with van der Waals surface area (Å²) in [6.45, 7) is 14.6. The lowest BCUT2D eigenvalue weighted by Gasteiger charge is -2.34. The maximum Gasteiger partial charge on any atom is 0.262 e. The SMILES string of the molecule is Cc1c(C)c(C)c(S(=O)(=O)Nc2ccc(S(=O)(=O)N3C[C@@H](C)C[C@H](C)C3)cc2)c(C)c1C. The Labute approximate surface area is 193 Å². The standard InChI is InChI=1S/C24H34N2O4S2/c1-15-12-16(2)14-26(13-15)32(29,30)23-10-8-22(9-11-23)25-31(27,28)24-20(6)18(4)17(3)19(5)21(24)7/h8-11,15-16,25H,12-14H2,1-7H3/t15-,16-/m0/s1. The van der Waals surface area contributed by atoms with Crippen molar-refractivity contribution in [2.24, 2.45) is 11.8 Å². The van der Waals surface area contributed by atoms with E-state index in [9.17, 15) is 16.8 Å². The van der Waals surface area contributed by atoms with Gasteiger partial charge in [-0.15, -0.1) is 0 Å². The van der Waals surface area contributed by atoms with Gasteiger partial charge in [0.05, 0.1) is 9.79 Å². The first-order chi connectivity index (χ1) is 14.8. The number of piperidine rings is 1. The summed E-state index contributed by atoms with van der Waals surface area (Å²) in [5.41, 5.74) is 4.80. The van der Waals surface area contributed by atoms with Crippen LogP contribution in [0.2, 0.25) is 0 Å².